The molecule has 106 valence electrons. The van der Waals surface area contributed by atoms with Crippen LogP contribution in [0.3, 0.4) is 0 Å². The van der Waals surface area contributed by atoms with Crippen LogP contribution < -0.4 is 10.1 Å². The molecule has 0 saturated carbocycles. The normalized spacial score (nSPS) is 10.6. The van der Waals surface area contributed by atoms with Gasteiger partial charge in [-0.05, 0) is 55.4 Å². The quantitative estimate of drug-likeness (QED) is 0.882. The third-order valence-corrected chi connectivity index (χ3v) is 3.57. The maximum atomic E-state index is 13.1. The molecule has 0 amide bonds. The zero-order valence-corrected chi connectivity index (χ0v) is 13.1. The minimum absolute atomic E-state index is 0.217. The standard InChI is InChI=1S/C16H17BrFNO/c1-11-7-15(18)5-3-12(11)10-20-16-6-4-14(17)8-13(16)9-19-2/h3-8,19H,9-10H2,1-2H3. The van der Waals surface area contributed by atoms with Gasteiger partial charge in [0.2, 0.25) is 0 Å². The van der Waals surface area contributed by atoms with Crippen LogP contribution in [0.25, 0.3) is 0 Å². The molecule has 20 heavy (non-hydrogen) atoms. The van der Waals surface area contributed by atoms with Crippen LogP contribution in [-0.4, -0.2) is 7.05 Å². The molecule has 1 N–H and O–H groups in total. The van der Waals surface area contributed by atoms with Crippen LogP contribution in [-0.2, 0) is 13.2 Å². The summed E-state index contributed by atoms with van der Waals surface area (Å²) in [5.41, 5.74) is 2.98. The molecule has 0 heterocycles. The molecule has 0 bridgehead atoms. The SMILES string of the molecule is CNCc1cc(Br)ccc1OCc1ccc(F)cc1C. The summed E-state index contributed by atoms with van der Waals surface area (Å²) < 4.78 is 20.0. The highest BCUT2D eigenvalue weighted by atomic mass is 79.9. The van der Waals surface area contributed by atoms with E-state index in [1.807, 2.05) is 32.2 Å². The van der Waals surface area contributed by atoms with Crippen molar-refractivity contribution in [1.82, 2.24) is 5.32 Å². The second-order valence-corrected chi connectivity index (χ2v) is 5.56. The molecule has 2 aromatic rings. The van der Waals surface area contributed by atoms with Gasteiger partial charge in [-0.25, -0.2) is 4.39 Å². The summed E-state index contributed by atoms with van der Waals surface area (Å²) in [5.74, 6) is 0.622. The van der Waals surface area contributed by atoms with E-state index in [1.165, 1.54) is 12.1 Å². The second-order valence-electron chi connectivity index (χ2n) is 4.64. The van der Waals surface area contributed by atoms with Crippen molar-refractivity contribution in [2.45, 2.75) is 20.1 Å². The van der Waals surface area contributed by atoms with E-state index in [9.17, 15) is 4.39 Å². The smallest absolute Gasteiger partial charge is 0.124 e. The topological polar surface area (TPSA) is 21.3 Å². The van der Waals surface area contributed by atoms with Gasteiger partial charge in [-0.3, -0.25) is 0 Å². The van der Waals surface area contributed by atoms with E-state index in [0.29, 0.717) is 6.61 Å². The molecule has 0 fully saturated rings. The lowest BCUT2D eigenvalue weighted by molar-refractivity contribution is 0.301. The molecule has 0 aromatic heterocycles. The summed E-state index contributed by atoms with van der Waals surface area (Å²) >= 11 is 3.46. The summed E-state index contributed by atoms with van der Waals surface area (Å²) in [6.45, 7) is 3.06. The number of rotatable bonds is 5. The molecule has 0 radical (unpaired) electrons. The number of hydrogen-bond acceptors (Lipinski definition) is 2. The first-order valence-corrected chi connectivity index (χ1v) is 7.20. The highest BCUT2D eigenvalue weighted by Gasteiger charge is 2.06. The number of benzene rings is 2. The zero-order chi connectivity index (χ0) is 14.5. The Morgan fingerprint density at radius 3 is 2.65 bits per heavy atom. The van der Waals surface area contributed by atoms with Crippen molar-refractivity contribution in [2.75, 3.05) is 7.05 Å². The molecule has 0 atom stereocenters. The van der Waals surface area contributed by atoms with Crippen molar-refractivity contribution in [3.63, 3.8) is 0 Å². The molecule has 0 aliphatic carbocycles. The molecular weight excluding hydrogens is 321 g/mol. The van der Waals surface area contributed by atoms with Crippen LogP contribution in [0.4, 0.5) is 4.39 Å². The Balaban J connectivity index is 2.14. The molecule has 0 spiro atoms. The van der Waals surface area contributed by atoms with Crippen LogP contribution in [0.2, 0.25) is 0 Å². The van der Waals surface area contributed by atoms with E-state index < -0.39 is 0 Å². The molecule has 2 aromatic carbocycles. The van der Waals surface area contributed by atoms with Crippen molar-refractivity contribution in [2.24, 2.45) is 0 Å². The maximum Gasteiger partial charge on any atom is 0.124 e. The van der Waals surface area contributed by atoms with Gasteiger partial charge in [0.15, 0.2) is 0 Å². The van der Waals surface area contributed by atoms with Gasteiger partial charge >= 0.3 is 0 Å². The Kier molecular flexibility index (Phi) is 5.15. The first-order valence-electron chi connectivity index (χ1n) is 6.41. The molecule has 0 aliphatic heterocycles. The molecular formula is C16H17BrFNO. The van der Waals surface area contributed by atoms with E-state index >= 15 is 0 Å². The summed E-state index contributed by atoms with van der Waals surface area (Å²) in [6.07, 6.45) is 0. The molecule has 2 nitrogen and oxygen atoms in total. The monoisotopic (exact) mass is 337 g/mol. The summed E-state index contributed by atoms with van der Waals surface area (Å²) in [6, 6.07) is 10.7. The predicted molar refractivity (Wildman–Crippen MR) is 82.4 cm³/mol. The van der Waals surface area contributed by atoms with Crippen LogP contribution in [0.5, 0.6) is 5.75 Å². The van der Waals surface area contributed by atoms with Gasteiger partial charge in [-0.15, -0.1) is 0 Å². The van der Waals surface area contributed by atoms with Crippen LogP contribution in [0.15, 0.2) is 40.9 Å². The van der Waals surface area contributed by atoms with E-state index in [0.717, 1.165) is 33.5 Å². The van der Waals surface area contributed by atoms with Gasteiger partial charge in [0.25, 0.3) is 0 Å². The average Bonchev–Trinajstić information content (AvgIpc) is 2.40. The lowest BCUT2D eigenvalue weighted by Crippen LogP contribution is -2.08. The Labute approximate surface area is 127 Å². The van der Waals surface area contributed by atoms with E-state index in [-0.39, 0.29) is 5.82 Å². The van der Waals surface area contributed by atoms with Gasteiger partial charge in [0.1, 0.15) is 18.2 Å². The maximum absolute atomic E-state index is 13.1. The minimum Gasteiger partial charge on any atom is -0.489 e. The Bertz CT molecular complexity index is 601. The fourth-order valence-electron chi connectivity index (χ4n) is 1.99. The van der Waals surface area contributed by atoms with Crippen molar-refractivity contribution in [3.05, 3.63) is 63.4 Å². The van der Waals surface area contributed by atoms with Gasteiger partial charge in [0, 0.05) is 16.6 Å². The first kappa shape index (κ1) is 15.0. The van der Waals surface area contributed by atoms with Crippen LogP contribution in [0, 0.1) is 12.7 Å². The van der Waals surface area contributed by atoms with E-state index in [1.54, 1.807) is 6.07 Å². The van der Waals surface area contributed by atoms with Crippen LogP contribution in [0.1, 0.15) is 16.7 Å². The fourth-order valence-corrected chi connectivity index (χ4v) is 2.40. The van der Waals surface area contributed by atoms with Crippen molar-refractivity contribution in [1.29, 1.82) is 0 Å². The van der Waals surface area contributed by atoms with E-state index in [4.69, 9.17) is 4.74 Å². The number of nitrogens with one attached hydrogen (secondary N) is 1. The number of aryl methyl sites for hydroxylation is 1. The Morgan fingerprint density at radius 1 is 1.15 bits per heavy atom. The first-order chi connectivity index (χ1) is 9.60. The minimum atomic E-state index is -0.217. The van der Waals surface area contributed by atoms with Gasteiger partial charge < -0.3 is 10.1 Å². The van der Waals surface area contributed by atoms with Crippen molar-refractivity contribution < 1.29 is 9.13 Å². The summed E-state index contributed by atoms with van der Waals surface area (Å²) in [4.78, 5) is 0. The van der Waals surface area contributed by atoms with Gasteiger partial charge in [-0.2, -0.15) is 0 Å². The highest BCUT2D eigenvalue weighted by Crippen LogP contribution is 2.24. The number of ether oxygens (including phenoxy) is 1. The second kappa shape index (κ2) is 6.86. The fraction of sp³-hybridized carbons (Fsp3) is 0.250. The Hall–Kier alpha value is -1.39. The number of hydrogen-bond donors (Lipinski definition) is 1. The third-order valence-electron chi connectivity index (χ3n) is 3.08. The van der Waals surface area contributed by atoms with E-state index in [2.05, 4.69) is 21.2 Å². The predicted octanol–water partition coefficient (Wildman–Crippen LogP) is 4.20. The van der Waals surface area contributed by atoms with Gasteiger partial charge in [0.05, 0.1) is 0 Å². The molecule has 0 aliphatic rings. The summed E-state index contributed by atoms with van der Waals surface area (Å²) in [5, 5.41) is 3.12. The highest BCUT2D eigenvalue weighted by molar-refractivity contribution is 9.10. The van der Waals surface area contributed by atoms with Crippen LogP contribution >= 0.6 is 15.9 Å². The lowest BCUT2D eigenvalue weighted by atomic mass is 10.1. The largest absolute Gasteiger partial charge is 0.489 e. The zero-order valence-electron chi connectivity index (χ0n) is 11.5. The molecule has 4 heteroatoms. The Morgan fingerprint density at radius 2 is 1.95 bits per heavy atom. The van der Waals surface area contributed by atoms with Crippen molar-refractivity contribution >= 4 is 15.9 Å². The third kappa shape index (κ3) is 3.81. The molecule has 0 saturated heterocycles. The van der Waals surface area contributed by atoms with Crippen molar-refractivity contribution in [3.8, 4) is 5.75 Å². The summed E-state index contributed by atoms with van der Waals surface area (Å²) in [7, 11) is 1.90. The lowest BCUT2D eigenvalue weighted by Gasteiger charge is -2.13. The van der Waals surface area contributed by atoms with Gasteiger partial charge in [-0.1, -0.05) is 22.0 Å². The number of halogens is 2. The molecule has 0 unspecified atom stereocenters. The molecule has 2 rings (SSSR count). The average molecular weight is 338 g/mol.